The third-order valence-electron chi connectivity index (χ3n) is 5.39. The predicted octanol–water partition coefficient (Wildman–Crippen LogP) is 4.72. The summed E-state index contributed by atoms with van der Waals surface area (Å²) in [6.45, 7) is 0.974. The second kappa shape index (κ2) is 7.63. The van der Waals surface area contributed by atoms with Gasteiger partial charge in [0.2, 0.25) is 6.79 Å². The fourth-order valence-electron chi connectivity index (χ4n) is 3.87. The molecule has 2 atom stereocenters. The molecule has 1 aromatic heterocycles. The summed E-state index contributed by atoms with van der Waals surface area (Å²) in [6, 6.07) is 14.2. The summed E-state index contributed by atoms with van der Waals surface area (Å²) in [5, 5.41) is 7.08. The number of nitrogens with zero attached hydrogens (tertiary/aromatic N) is 3. The molecule has 3 aromatic rings. The molecule has 2 N–H and O–H groups in total. The molecule has 0 saturated heterocycles. The monoisotopic (exact) mass is 429 g/mol. The molecule has 6 rings (SSSR count). The second-order valence-electron chi connectivity index (χ2n) is 7.40. The quantitative estimate of drug-likeness (QED) is 0.608. The maximum atomic E-state index is 5.46. The number of thioether (sulfide) groups is 1. The molecule has 2 unspecified atom stereocenters. The SMILES string of the molecule is C1=CC2c3ncnc(Nc4cccc(NCc5ccc6c(c5)OCO6)c4)c3SC2N=C1. The summed E-state index contributed by atoms with van der Waals surface area (Å²) in [7, 11) is 0. The van der Waals surface area contributed by atoms with E-state index in [9.17, 15) is 0 Å². The average molecular weight is 430 g/mol. The number of ether oxygens (including phenoxy) is 2. The van der Waals surface area contributed by atoms with Crippen molar-refractivity contribution >= 4 is 35.2 Å². The molecule has 0 radical (unpaired) electrons. The number of anilines is 3. The summed E-state index contributed by atoms with van der Waals surface area (Å²) >= 11 is 1.71. The standard InChI is InChI=1S/C23H19N5O2S/c1-3-15(25-11-14-6-7-18-19(9-14)30-13-29-18)10-16(4-1)28-22-21-20(26-12-27-22)17-5-2-8-24-23(17)31-21/h1-10,12,17,23,25H,11,13H2,(H,26,27,28). The first-order valence-corrected chi connectivity index (χ1v) is 10.9. The van der Waals surface area contributed by atoms with Crippen LogP contribution in [-0.4, -0.2) is 28.3 Å². The Morgan fingerprint density at radius 3 is 2.97 bits per heavy atom. The summed E-state index contributed by atoms with van der Waals surface area (Å²) in [4.78, 5) is 14.7. The van der Waals surface area contributed by atoms with E-state index in [1.165, 1.54) is 0 Å². The number of fused-ring (bicyclic) bond motifs is 4. The van der Waals surface area contributed by atoms with Crippen molar-refractivity contribution in [1.82, 2.24) is 9.97 Å². The molecule has 31 heavy (non-hydrogen) atoms. The van der Waals surface area contributed by atoms with Crippen molar-refractivity contribution in [3.05, 3.63) is 72.2 Å². The molecule has 2 aromatic carbocycles. The van der Waals surface area contributed by atoms with Gasteiger partial charge in [-0.25, -0.2) is 9.97 Å². The van der Waals surface area contributed by atoms with Crippen LogP contribution in [0, 0.1) is 0 Å². The van der Waals surface area contributed by atoms with Crippen LogP contribution in [0.2, 0.25) is 0 Å². The molecule has 0 aliphatic carbocycles. The van der Waals surface area contributed by atoms with Crippen LogP contribution in [0.25, 0.3) is 0 Å². The molecule has 3 aliphatic rings. The summed E-state index contributed by atoms with van der Waals surface area (Å²) in [6.07, 6.45) is 7.63. The predicted molar refractivity (Wildman–Crippen MR) is 122 cm³/mol. The van der Waals surface area contributed by atoms with Crippen molar-refractivity contribution in [3.63, 3.8) is 0 Å². The summed E-state index contributed by atoms with van der Waals surface area (Å²) in [5.74, 6) is 2.62. The molecule has 8 heteroatoms. The minimum Gasteiger partial charge on any atom is -0.454 e. The van der Waals surface area contributed by atoms with E-state index in [1.54, 1.807) is 18.1 Å². The number of allylic oxidation sites excluding steroid dienone is 1. The fourth-order valence-corrected chi connectivity index (χ4v) is 5.13. The molecule has 4 heterocycles. The van der Waals surface area contributed by atoms with Crippen LogP contribution >= 0.6 is 11.8 Å². The smallest absolute Gasteiger partial charge is 0.231 e. The van der Waals surface area contributed by atoms with Crippen LogP contribution in [0.1, 0.15) is 17.2 Å². The Morgan fingerprint density at radius 2 is 1.97 bits per heavy atom. The zero-order chi connectivity index (χ0) is 20.6. The highest BCUT2D eigenvalue weighted by atomic mass is 32.2. The number of hydrogen-bond donors (Lipinski definition) is 2. The lowest BCUT2D eigenvalue weighted by molar-refractivity contribution is 0.174. The van der Waals surface area contributed by atoms with E-state index in [2.05, 4.69) is 37.7 Å². The highest BCUT2D eigenvalue weighted by molar-refractivity contribution is 8.00. The Labute approximate surface area is 183 Å². The van der Waals surface area contributed by atoms with Gasteiger partial charge in [-0.2, -0.15) is 0 Å². The van der Waals surface area contributed by atoms with E-state index in [0.717, 1.165) is 44.8 Å². The third-order valence-corrected chi connectivity index (χ3v) is 6.68. The maximum Gasteiger partial charge on any atom is 0.231 e. The molecule has 3 aliphatic heterocycles. The number of hydrogen-bond acceptors (Lipinski definition) is 8. The van der Waals surface area contributed by atoms with Crippen LogP contribution < -0.4 is 20.1 Å². The van der Waals surface area contributed by atoms with Crippen LogP contribution in [0.15, 0.2) is 70.8 Å². The van der Waals surface area contributed by atoms with Gasteiger partial charge in [-0.05, 0) is 42.0 Å². The normalized spacial score (nSPS) is 19.7. The highest BCUT2D eigenvalue weighted by Crippen LogP contribution is 2.49. The largest absolute Gasteiger partial charge is 0.454 e. The van der Waals surface area contributed by atoms with Gasteiger partial charge in [0, 0.05) is 24.1 Å². The van der Waals surface area contributed by atoms with Crippen molar-refractivity contribution in [3.8, 4) is 11.5 Å². The number of benzene rings is 2. The Kier molecular flexibility index (Phi) is 4.49. The molecule has 7 nitrogen and oxygen atoms in total. The Morgan fingerprint density at radius 1 is 1.03 bits per heavy atom. The van der Waals surface area contributed by atoms with E-state index in [1.807, 2.05) is 48.7 Å². The molecule has 0 saturated carbocycles. The zero-order valence-corrected chi connectivity index (χ0v) is 17.3. The fraction of sp³-hybridized carbons (Fsp3) is 0.174. The van der Waals surface area contributed by atoms with Gasteiger partial charge in [0.25, 0.3) is 0 Å². The molecular formula is C23H19N5O2S. The van der Waals surface area contributed by atoms with Gasteiger partial charge in [0.1, 0.15) is 17.5 Å². The summed E-state index contributed by atoms with van der Waals surface area (Å²) < 4.78 is 10.8. The third kappa shape index (κ3) is 3.48. The van der Waals surface area contributed by atoms with Crippen LogP contribution in [-0.2, 0) is 6.54 Å². The molecule has 0 fully saturated rings. The number of rotatable bonds is 5. The Bertz CT molecular complexity index is 1210. The van der Waals surface area contributed by atoms with Crippen molar-refractivity contribution in [2.75, 3.05) is 17.4 Å². The van der Waals surface area contributed by atoms with Gasteiger partial charge in [-0.1, -0.05) is 30.0 Å². The van der Waals surface area contributed by atoms with Gasteiger partial charge in [-0.3, -0.25) is 4.99 Å². The van der Waals surface area contributed by atoms with E-state index in [-0.39, 0.29) is 18.1 Å². The first-order chi connectivity index (χ1) is 15.3. The molecule has 0 bridgehead atoms. The molecule has 0 spiro atoms. The van der Waals surface area contributed by atoms with Gasteiger partial charge >= 0.3 is 0 Å². The number of aliphatic imine (C=N–C) groups is 1. The van der Waals surface area contributed by atoms with Crippen molar-refractivity contribution in [2.24, 2.45) is 4.99 Å². The van der Waals surface area contributed by atoms with Crippen molar-refractivity contribution < 1.29 is 9.47 Å². The highest BCUT2D eigenvalue weighted by Gasteiger charge is 2.35. The second-order valence-corrected chi connectivity index (χ2v) is 8.53. The maximum absolute atomic E-state index is 5.46. The topological polar surface area (TPSA) is 80.7 Å². The van der Waals surface area contributed by atoms with Crippen LogP contribution in [0.3, 0.4) is 0 Å². The molecular weight excluding hydrogens is 410 g/mol. The van der Waals surface area contributed by atoms with E-state index >= 15 is 0 Å². The van der Waals surface area contributed by atoms with E-state index < -0.39 is 0 Å². The lowest BCUT2D eigenvalue weighted by atomic mass is 10.0. The van der Waals surface area contributed by atoms with Gasteiger partial charge in [0.15, 0.2) is 11.5 Å². The first kappa shape index (κ1) is 18.3. The van der Waals surface area contributed by atoms with Crippen molar-refractivity contribution in [2.45, 2.75) is 22.7 Å². The minimum atomic E-state index is 0.145. The van der Waals surface area contributed by atoms with Gasteiger partial charge < -0.3 is 20.1 Å². The summed E-state index contributed by atoms with van der Waals surface area (Å²) in [5.41, 5.74) is 4.15. The average Bonchev–Trinajstić information content (AvgIpc) is 3.43. The molecule has 0 amide bonds. The van der Waals surface area contributed by atoms with Gasteiger partial charge in [-0.15, -0.1) is 0 Å². The lowest BCUT2D eigenvalue weighted by Crippen LogP contribution is -2.09. The zero-order valence-electron chi connectivity index (χ0n) is 16.5. The van der Waals surface area contributed by atoms with E-state index in [4.69, 9.17) is 9.47 Å². The lowest BCUT2D eigenvalue weighted by Gasteiger charge is -2.12. The Hall–Kier alpha value is -3.52. The van der Waals surface area contributed by atoms with E-state index in [0.29, 0.717) is 6.54 Å². The first-order valence-electron chi connectivity index (χ1n) is 10.0. The number of dihydropyridines is 1. The van der Waals surface area contributed by atoms with Crippen LogP contribution in [0.5, 0.6) is 11.5 Å². The number of nitrogens with one attached hydrogen (secondary N) is 2. The molecule has 154 valence electrons. The minimum absolute atomic E-state index is 0.145. The van der Waals surface area contributed by atoms with Crippen LogP contribution in [0.4, 0.5) is 17.2 Å². The number of aromatic nitrogens is 2. The Balaban J connectivity index is 1.18. The van der Waals surface area contributed by atoms with Gasteiger partial charge in [0.05, 0.1) is 16.5 Å². The van der Waals surface area contributed by atoms with Crippen molar-refractivity contribution in [1.29, 1.82) is 0 Å².